The Morgan fingerprint density at radius 2 is 1.88 bits per heavy atom. The van der Waals surface area contributed by atoms with Gasteiger partial charge in [-0.25, -0.2) is 0 Å². The van der Waals surface area contributed by atoms with Crippen molar-refractivity contribution in [2.24, 2.45) is 45.8 Å². The van der Waals surface area contributed by atoms with Gasteiger partial charge in [0.1, 0.15) is 11.4 Å². The highest BCUT2D eigenvalue weighted by Gasteiger charge is 2.87. The van der Waals surface area contributed by atoms with E-state index in [9.17, 15) is 15.0 Å². The Morgan fingerprint density at radius 1 is 1.05 bits per heavy atom. The molecule has 6 bridgehead atoms. The van der Waals surface area contributed by atoms with E-state index in [2.05, 4.69) is 43.4 Å². The van der Waals surface area contributed by atoms with Gasteiger partial charge in [0, 0.05) is 35.6 Å². The van der Waals surface area contributed by atoms with Crippen LogP contribution < -0.4 is 5.32 Å². The van der Waals surface area contributed by atoms with E-state index in [0.29, 0.717) is 29.4 Å². The second-order valence-corrected chi connectivity index (χ2v) is 18.1. The molecule has 13 atom stereocenters. The highest BCUT2D eigenvalue weighted by Crippen LogP contribution is 2.86. The van der Waals surface area contributed by atoms with Crippen LogP contribution in [-0.4, -0.2) is 58.0 Å². The van der Waals surface area contributed by atoms with Crippen LogP contribution in [-0.2, 0) is 16.0 Å². The Morgan fingerprint density at radius 3 is 2.71 bits per heavy atom. The summed E-state index contributed by atoms with van der Waals surface area (Å²) in [5.74, 6) is 3.19. The van der Waals surface area contributed by atoms with E-state index in [0.717, 1.165) is 43.5 Å². The fourth-order valence-electron chi connectivity index (χ4n) is 12.6. The summed E-state index contributed by atoms with van der Waals surface area (Å²) in [5.41, 5.74) is 1.28. The van der Waals surface area contributed by atoms with Crippen LogP contribution in [0, 0.1) is 45.8 Å². The molecule has 3 N–H and O–H groups in total. The molecular formula is C34H47NO4S2. The topological polar surface area (TPSA) is 78.8 Å². The standard InChI is InChI=1S/C34H47NO4S2/c1-31-15-20-10-11-33(32(31,2)28(20)29-25(37)14-27(39-3)34(29,31)38)16-21-12-19-6-4-7-23(13-19)35-30-24(36)8-5-9-26(30)41-40-18-22(21)17-33/h4,6-7,13,20-22,24,26-30,35-36,38H,5,8-12,14-18H2,1-3H3. The predicted octanol–water partition coefficient (Wildman–Crippen LogP) is 6.12. The van der Waals surface area contributed by atoms with Crippen molar-refractivity contribution in [1.82, 2.24) is 0 Å². The van der Waals surface area contributed by atoms with Crippen LogP contribution in [0.25, 0.3) is 0 Å². The Bertz CT molecular complexity index is 1240. The molecule has 0 aromatic heterocycles. The Balaban J connectivity index is 1.16. The van der Waals surface area contributed by atoms with Crippen molar-refractivity contribution in [2.75, 3.05) is 18.2 Å². The van der Waals surface area contributed by atoms with Crippen LogP contribution in [0.15, 0.2) is 24.3 Å². The minimum absolute atomic E-state index is 0.0596. The third kappa shape index (κ3) is 3.48. The average molecular weight is 598 g/mol. The summed E-state index contributed by atoms with van der Waals surface area (Å²) in [5, 5.41) is 27.7. The molecule has 6 saturated carbocycles. The Kier molecular flexibility index (Phi) is 6.36. The molecule has 1 heterocycles. The zero-order chi connectivity index (χ0) is 28.4. The van der Waals surface area contributed by atoms with Crippen LogP contribution in [0.3, 0.4) is 0 Å². The lowest BCUT2D eigenvalue weighted by Gasteiger charge is -2.57. The van der Waals surface area contributed by atoms with Gasteiger partial charge in [-0.1, -0.05) is 47.6 Å². The third-order valence-electron chi connectivity index (χ3n) is 14.3. The first-order chi connectivity index (χ1) is 19.6. The van der Waals surface area contributed by atoms with Crippen LogP contribution in [0.4, 0.5) is 5.69 Å². The molecular weight excluding hydrogens is 551 g/mol. The zero-order valence-electron chi connectivity index (χ0n) is 24.8. The number of carbonyl (C=O) groups is 1. The number of aliphatic hydroxyl groups excluding tert-OH is 1. The number of carbonyl (C=O) groups excluding carboxylic acids is 1. The molecule has 6 aliphatic carbocycles. The van der Waals surface area contributed by atoms with Gasteiger partial charge >= 0.3 is 0 Å². The van der Waals surface area contributed by atoms with E-state index in [1.54, 1.807) is 7.11 Å². The van der Waals surface area contributed by atoms with Crippen molar-refractivity contribution < 1.29 is 19.7 Å². The number of methoxy groups -OCH3 is 1. The van der Waals surface area contributed by atoms with Crippen molar-refractivity contribution in [3.05, 3.63) is 29.8 Å². The fourth-order valence-corrected chi connectivity index (χ4v) is 16.0. The van der Waals surface area contributed by atoms with Gasteiger partial charge in [-0.2, -0.15) is 0 Å². The molecule has 1 aliphatic heterocycles. The average Bonchev–Trinajstić information content (AvgIpc) is 3.53. The van der Waals surface area contributed by atoms with E-state index >= 15 is 0 Å². The van der Waals surface area contributed by atoms with Crippen molar-refractivity contribution in [2.45, 2.75) is 107 Å². The summed E-state index contributed by atoms with van der Waals surface area (Å²) in [6.45, 7) is 4.87. The van der Waals surface area contributed by atoms with Gasteiger partial charge in [0.25, 0.3) is 0 Å². The molecule has 7 aliphatic rings. The van der Waals surface area contributed by atoms with Crippen LogP contribution in [0.2, 0.25) is 0 Å². The number of rotatable bonds is 1. The molecule has 224 valence electrons. The van der Waals surface area contributed by atoms with Crippen molar-refractivity contribution in [3.63, 3.8) is 0 Å². The lowest BCUT2D eigenvalue weighted by atomic mass is 9.48. The van der Waals surface area contributed by atoms with E-state index < -0.39 is 5.60 Å². The number of aliphatic hydroxyl groups is 2. The number of ketones is 1. The molecule has 0 amide bonds. The molecule has 1 aromatic rings. The first-order valence-electron chi connectivity index (χ1n) is 16.2. The second-order valence-electron chi connectivity index (χ2n) is 15.5. The summed E-state index contributed by atoms with van der Waals surface area (Å²) in [7, 11) is 5.75. The predicted molar refractivity (Wildman–Crippen MR) is 166 cm³/mol. The first kappa shape index (κ1) is 27.8. The largest absolute Gasteiger partial charge is 0.391 e. The quantitative estimate of drug-likeness (QED) is 0.337. The van der Waals surface area contributed by atoms with E-state index in [1.165, 1.54) is 31.2 Å². The van der Waals surface area contributed by atoms with Gasteiger partial charge in [-0.3, -0.25) is 4.79 Å². The summed E-state index contributed by atoms with van der Waals surface area (Å²) in [6, 6.07) is 9.09. The van der Waals surface area contributed by atoms with Gasteiger partial charge in [0.2, 0.25) is 0 Å². The second kappa shape index (κ2) is 9.39. The molecule has 41 heavy (non-hydrogen) atoms. The summed E-state index contributed by atoms with van der Waals surface area (Å²) < 4.78 is 5.91. The van der Waals surface area contributed by atoms with Crippen LogP contribution >= 0.6 is 21.6 Å². The number of benzene rings is 1. The van der Waals surface area contributed by atoms with Gasteiger partial charge < -0.3 is 20.3 Å². The molecule has 13 unspecified atom stereocenters. The van der Waals surface area contributed by atoms with Gasteiger partial charge in [0.15, 0.2) is 0 Å². The van der Waals surface area contributed by atoms with E-state index in [1.807, 2.05) is 21.6 Å². The van der Waals surface area contributed by atoms with Gasteiger partial charge in [-0.05, 0) is 110 Å². The van der Waals surface area contributed by atoms with Crippen molar-refractivity contribution in [1.29, 1.82) is 0 Å². The number of nitrogens with one attached hydrogen (secondary N) is 1. The first-order valence-corrected chi connectivity index (χ1v) is 18.6. The summed E-state index contributed by atoms with van der Waals surface area (Å²) in [6.07, 6.45) is 9.80. The van der Waals surface area contributed by atoms with E-state index in [4.69, 9.17) is 4.74 Å². The fraction of sp³-hybridized carbons (Fsp3) is 0.794. The lowest BCUT2D eigenvalue weighted by molar-refractivity contribution is -0.186. The Hall–Kier alpha value is -0.730. The molecule has 1 spiro atoms. The molecule has 7 heteroatoms. The number of hydrogen-bond donors (Lipinski definition) is 3. The number of fused-ring (bicyclic) bond motifs is 6. The zero-order valence-corrected chi connectivity index (χ0v) is 26.4. The highest BCUT2D eigenvalue weighted by atomic mass is 33.1. The maximum Gasteiger partial charge on any atom is 0.141 e. The summed E-state index contributed by atoms with van der Waals surface area (Å²) in [4.78, 5) is 13.6. The smallest absolute Gasteiger partial charge is 0.141 e. The van der Waals surface area contributed by atoms with Gasteiger partial charge in [-0.15, -0.1) is 0 Å². The maximum atomic E-state index is 13.6. The maximum absolute atomic E-state index is 13.6. The van der Waals surface area contributed by atoms with E-state index in [-0.39, 0.29) is 52.1 Å². The van der Waals surface area contributed by atoms with Gasteiger partial charge in [0.05, 0.1) is 24.2 Å². The number of ether oxygens (including phenoxy) is 1. The minimum atomic E-state index is -1.04. The number of Topliss-reactive ketones (excluding diaryl/α,β-unsaturated/α-hetero) is 1. The van der Waals surface area contributed by atoms with Crippen molar-refractivity contribution in [3.8, 4) is 0 Å². The normalized spacial score (nSPS) is 53.7. The summed E-state index contributed by atoms with van der Waals surface area (Å²) >= 11 is 0. The Labute approximate surface area is 253 Å². The molecule has 0 saturated heterocycles. The van der Waals surface area contributed by atoms with Crippen molar-refractivity contribution >= 4 is 33.1 Å². The lowest BCUT2D eigenvalue weighted by Crippen LogP contribution is -2.58. The SMILES string of the molecule is COC1CC(=O)C2C3C4CCC5(CC6CSSC7CCCC(O)C7Nc7cccc(c7)CC6C5)C3(C)C(C)(C4)C12O. The van der Waals surface area contributed by atoms with Crippen LogP contribution in [0.1, 0.15) is 77.2 Å². The third-order valence-corrected chi connectivity index (χ3v) is 17.4. The molecule has 0 radical (unpaired) electrons. The number of hydrogen-bond acceptors (Lipinski definition) is 7. The molecule has 1 aromatic carbocycles. The highest BCUT2D eigenvalue weighted by molar-refractivity contribution is 8.77. The molecule has 8 rings (SSSR count). The molecule has 6 fully saturated rings. The molecule has 5 nitrogen and oxygen atoms in total. The van der Waals surface area contributed by atoms with Crippen LogP contribution in [0.5, 0.6) is 0 Å². The minimum Gasteiger partial charge on any atom is -0.391 e. The monoisotopic (exact) mass is 597 g/mol. The number of anilines is 1.